The smallest absolute Gasteiger partial charge is 0.146 e. The van der Waals surface area contributed by atoms with E-state index in [0.29, 0.717) is 0 Å². The number of rotatable bonds is 2. The van der Waals surface area contributed by atoms with Crippen molar-refractivity contribution in [3.05, 3.63) is 11.6 Å². The summed E-state index contributed by atoms with van der Waals surface area (Å²) < 4.78 is 2.11. The Labute approximate surface area is 96.7 Å². The highest BCUT2D eigenvalue weighted by molar-refractivity contribution is 4.95. The average Bonchev–Trinajstić information content (AvgIpc) is 2.88. The van der Waals surface area contributed by atoms with Crippen LogP contribution in [0.15, 0.2) is 0 Å². The summed E-state index contributed by atoms with van der Waals surface area (Å²) in [6.07, 6.45) is 4.34. The molecule has 0 spiro atoms. The lowest BCUT2D eigenvalue weighted by Gasteiger charge is -2.15. The van der Waals surface area contributed by atoms with E-state index in [1.54, 1.807) is 0 Å². The Morgan fingerprint density at radius 3 is 2.44 bits per heavy atom. The van der Waals surface area contributed by atoms with Crippen LogP contribution in [0.4, 0.5) is 0 Å². The molecule has 2 unspecified atom stereocenters. The zero-order valence-electron chi connectivity index (χ0n) is 10.2. The van der Waals surface area contributed by atoms with Crippen LogP contribution in [0.25, 0.3) is 0 Å². The van der Waals surface area contributed by atoms with Gasteiger partial charge < -0.3 is 4.57 Å². The van der Waals surface area contributed by atoms with E-state index in [0.717, 1.165) is 30.0 Å². The average molecular weight is 220 g/mol. The molecule has 1 aliphatic carbocycles. The standard InChI is InChI=1S/C12H20N4/c1-9-13-14-12(15(9)2)8-16-6-10-4-3-5-11(10)7-16/h10-11H,3-8H2,1-2H3. The maximum absolute atomic E-state index is 4.24. The quantitative estimate of drug-likeness (QED) is 0.754. The van der Waals surface area contributed by atoms with Crippen LogP contribution in [-0.2, 0) is 13.6 Å². The van der Waals surface area contributed by atoms with Crippen LogP contribution < -0.4 is 0 Å². The normalized spacial score (nSPS) is 29.9. The number of fused-ring (bicyclic) bond motifs is 1. The molecule has 4 heteroatoms. The summed E-state index contributed by atoms with van der Waals surface area (Å²) in [7, 11) is 2.06. The first kappa shape index (κ1) is 10.3. The largest absolute Gasteiger partial charge is 0.317 e. The van der Waals surface area contributed by atoms with Crippen molar-refractivity contribution in [2.24, 2.45) is 18.9 Å². The Bertz CT molecular complexity index is 372. The summed E-state index contributed by atoms with van der Waals surface area (Å²) in [5, 5.41) is 8.36. The fourth-order valence-corrected chi connectivity index (χ4v) is 3.25. The summed E-state index contributed by atoms with van der Waals surface area (Å²) in [5.41, 5.74) is 0. The van der Waals surface area contributed by atoms with Gasteiger partial charge in [-0.15, -0.1) is 10.2 Å². The third-order valence-corrected chi connectivity index (χ3v) is 4.35. The molecule has 0 amide bonds. The van der Waals surface area contributed by atoms with Crippen molar-refractivity contribution >= 4 is 0 Å². The fraction of sp³-hybridized carbons (Fsp3) is 0.833. The summed E-state index contributed by atoms with van der Waals surface area (Å²) in [5.74, 6) is 4.05. The minimum Gasteiger partial charge on any atom is -0.317 e. The predicted molar refractivity (Wildman–Crippen MR) is 61.8 cm³/mol. The molecule has 0 aromatic carbocycles. The van der Waals surface area contributed by atoms with E-state index in [4.69, 9.17) is 0 Å². The Morgan fingerprint density at radius 1 is 1.19 bits per heavy atom. The van der Waals surface area contributed by atoms with Crippen LogP contribution in [0.3, 0.4) is 0 Å². The van der Waals surface area contributed by atoms with Crippen molar-refractivity contribution in [2.75, 3.05) is 13.1 Å². The summed E-state index contributed by atoms with van der Waals surface area (Å²) in [6.45, 7) is 5.53. The molecule has 88 valence electrons. The lowest BCUT2D eigenvalue weighted by molar-refractivity contribution is 0.292. The first-order chi connectivity index (χ1) is 7.74. The second-order valence-electron chi connectivity index (χ2n) is 5.37. The van der Waals surface area contributed by atoms with Gasteiger partial charge in [0, 0.05) is 20.1 Å². The Balaban J connectivity index is 1.66. The van der Waals surface area contributed by atoms with Gasteiger partial charge in [0.05, 0.1) is 6.54 Å². The molecular formula is C12H20N4. The van der Waals surface area contributed by atoms with Gasteiger partial charge in [-0.3, -0.25) is 4.90 Å². The van der Waals surface area contributed by atoms with Crippen molar-refractivity contribution < 1.29 is 0 Å². The maximum atomic E-state index is 4.24. The van der Waals surface area contributed by atoms with E-state index < -0.39 is 0 Å². The molecule has 2 atom stereocenters. The molecule has 2 aliphatic rings. The monoisotopic (exact) mass is 220 g/mol. The zero-order valence-corrected chi connectivity index (χ0v) is 10.2. The number of hydrogen-bond donors (Lipinski definition) is 0. The highest BCUT2D eigenvalue weighted by Gasteiger charge is 2.36. The van der Waals surface area contributed by atoms with Crippen LogP contribution in [0, 0.1) is 18.8 Å². The van der Waals surface area contributed by atoms with Crippen LogP contribution in [0.2, 0.25) is 0 Å². The summed E-state index contributed by atoms with van der Waals surface area (Å²) in [4.78, 5) is 2.55. The second-order valence-corrected chi connectivity index (χ2v) is 5.37. The van der Waals surface area contributed by atoms with E-state index >= 15 is 0 Å². The SMILES string of the molecule is Cc1nnc(CN2CC3CCCC3C2)n1C. The van der Waals surface area contributed by atoms with Crippen LogP contribution in [0.5, 0.6) is 0 Å². The van der Waals surface area contributed by atoms with Gasteiger partial charge in [-0.1, -0.05) is 6.42 Å². The number of hydrogen-bond acceptors (Lipinski definition) is 3. The molecule has 1 aromatic rings. The zero-order chi connectivity index (χ0) is 11.1. The predicted octanol–water partition coefficient (Wildman–Crippen LogP) is 1.36. The Hall–Kier alpha value is -0.900. The molecule has 1 saturated carbocycles. The summed E-state index contributed by atoms with van der Waals surface area (Å²) in [6, 6.07) is 0. The number of aromatic nitrogens is 3. The van der Waals surface area contributed by atoms with Gasteiger partial charge in [-0.2, -0.15) is 0 Å². The van der Waals surface area contributed by atoms with Gasteiger partial charge >= 0.3 is 0 Å². The van der Waals surface area contributed by atoms with Gasteiger partial charge in [0.1, 0.15) is 11.6 Å². The van der Waals surface area contributed by atoms with Gasteiger partial charge in [-0.25, -0.2) is 0 Å². The van der Waals surface area contributed by atoms with E-state index in [1.165, 1.54) is 32.4 Å². The second kappa shape index (κ2) is 3.84. The van der Waals surface area contributed by atoms with Crippen molar-refractivity contribution in [3.8, 4) is 0 Å². The minimum absolute atomic E-state index is 0.967. The lowest BCUT2D eigenvalue weighted by Crippen LogP contribution is -2.23. The third kappa shape index (κ3) is 1.65. The van der Waals surface area contributed by atoms with Crippen LogP contribution in [0.1, 0.15) is 30.9 Å². The van der Waals surface area contributed by atoms with Gasteiger partial charge in [0.25, 0.3) is 0 Å². The first-order valence-electron chi connectivity index (χ1n) is 6.31. The third-order valence-electron chi connectivity index (χ3n) is 4.35. The number of aryl methyl sites for hydroxylation is 1. The molecule has 0 bridgehead atoms. The van der Waals surface area contributed by atoms with Crippen molar-refractivity contribution in [1.82, 2.24) is 19.7 Å². The number of likely N-dealkylation sites (tertiary alicyclic amines) is 1. The van der Waals surface area contributed by atoms with E-state index in [2.05, 4.69) is 26.7 Å². The van der Waals surface area contributed by atoms with E-state index in [9.17, 15) is 0 Å². The van der Waals surface area contributed by atoms with Crippen molar-refractivity contribution in [1.29, 1.82) is 0 Å². The van der Waals surface area contributed by atoms with Gasteiger partial charge in [-0.05, 0) is 31.6 Å². The van der Waals surface area contributed by atoms with E-state index in [-0.39, 0.29) is 0 Å². The number of nitrogens with zero attached hydrogens (tertiary/aromatic N) is 4. The van der Waals surface area contributed by atoms with Crippen LogP contribution in [-0.4, -0.2) is 32.8 Å². The lowest BCUT2D eigenvalue weighted by atomic mass is 10.0. The molecule has 1 aromatic heterocycles. The highest BCUT2D eigenvalue weighted by Crippen LogP contribution is 2.37. The molecule has 3 rings (SSSR count). The first-order valence-corrected chi connectivity index (χ1v) is 6.31. The Kier molecular flexibility index (Phi) is 2.46. The van der Waals surface area contributed by atoms with Crippen LogP contribution >= 0.6 is 0 Å². The minimum atomic E-state index is 0.967. The van der Waals surface area contributed by atoms with Crippen molar-refractivity contribution in [3.63, 3.8) is 0 Å². The van der Waals surface area contributed by atoms with Gasteiger partial charge in [0.15, 0.2) is 0 Å². The molecule has 16 heavy (non-hydrogen) atoms. The molecule has 4 nitrogen and oxygen atoms in total. The molecule has 0 N–H and O–H groups in total. The summed E-state index contributed by atoms with van der Waals surface area (Å²) >= 11 is 0. The molecule has 2 heterocycles. The molecular weight excluding hydrogens is 200 g/mol. The molecule has 0 radical (unpaired) electrons. The highest BCUT2D eigenvalue weighted by atomic mass is 15.3. The fourth-order valence-electron chi connectivity index (χ4n) is 3.25. The topological polar surface area (TPSA) is 34.0 Å². The Morgan fingerprint density at radius 2 is 1.88 bits per heavy atom. The van der Waals surface area contributed by atoms with Crippen molar-refractivity contribution in [2.45, 2.75) is 32.7 Å². The molecule has 2 fully saturated rings. The molecule has 1 saturated heterocycles. The maximum Gasteiger partial charge on any atom is 0.146 e. The van der Waals surface area contributed by atoms with E-state index in [1.807, 2.05) is 6.92 Å². The van der Waals surface area contributed by atoms with Gasteiger partial charge in [0.2, 0.25) is 0 Å². The molecule has 1 aliphatic heterocycles.